The summed E-state index contributed by atoms with van der Waals surface area (Å²) < 4.78 is 11.0. The fourth-order valence-electron chi connectivity index (χ4n) is 2.30. The molecule has 0 amide bonds. The molecule has 0 aliphatic heterocycles. The molecular formula is C15H20ClN3O2. The second-order valence-corrected chi connectivity index (χ2v) is 5.58. The predicted molar refractivity (Wildman–Crippen MR) is 81.5 cm³/mol. The van der Waals surface area contributed by atoms with Crippen LogP contribution >= 0.6 is 12.4 Å². The molecule has 0 saturated heterocycles. The molecule has 1 aliphatic rings. The molecule has 1 heterocycles. The number of nitrogens with two attached hydrogens (primary N) is 1. The number of hydrogen-bond donors (Lipinski definition) is 1. The third-order valence-electron chi connectivity index (χ3n) is 3.85. The molecular weight excluding hydrogens is 290 g/mol. The Hall–Kier alpha value is -1.59. The molecule has 1 aliphatic carbocycles. The van der Waals surface area contributed by atoms with Crippen molar-refractivity contribution in [2.75, 3.05) is 0 Å². The van der Waals surface area contributed by atoms with Crippen LogP contribution in [-0.2, 0) is 12.1 Å². The first kappa shape index (κ1) is 15.8. The largest absolute Gasteiger partial charge is 0.483 e. The Morgan fingerprint density at radius 3 is 2.76 bits per heavy atom. The lowest BCUT2D eigenvalue weighted by atomic mass is 9.77. The summed E-state index contributed by atoms with van der Waals surface area (Å²) >= 11 is 0. The second kappa shape index (κ2) is 6.03. The van der Waals surface area contributed by atoms with E-state index in [1.165, 1.54) is 0 Å². The molecule has 6 heteroatoms. The standard InChI is InChI=1S/C15H19N3O2.ClH/c1-10-4-5-11(2)12(8-10)19-9-13-17-14(18-20-13)15(16)6-3-7-15;/h4-5,8H,3,6-7,9,16H2,1-2H3;1H. The Balaban J connectivity index is 0.00000161. The van der Waals surface area contributed by atoms with E-state index in [4.69, 9.17) is 15.0 Å². The van der Waals surface area contributed by atoms with Gasteiger partial charge in [-0.25, -0.2) is 0 Å². The number of hydrogen-bond acceptors (Lipinski definition) is 5. The van der Waals surface area contributed by atoms with Gasteiger partial charge in [-0.05, 0) is 50.3 Å². The smallest absolute Gasteiger partial charge is 0.264 e. The van der Waals surface area contributed by atoms with Crippen LogP contribution in [0.25, 0.3) is 0 Å². The normalized spacial score (nSPS) is 16.0. The third kappa shape index (κ3) is 3.19. The fraction of sp³-hybridized carbons (Fsp3) is 0.467. The highest BCUT2D eigenvalue weighted by atomic mass is 35.5. The molecule has 114 valence electrons. The zero-order valence-corrected chi connectivity index (χ0v) is 13.1. The van der Waals surface area contributed by atoms with E-state index in [2.05, 4.69) is 16.2 Å². The maximum absolute atomic E-state index is 6.16. The predicted octanol–water partition coefficient (Wildman–Crippen LogP) is 3.03. The summed E-state index contributed by atoms with van der Waals surface area (Å²) in [4.78, 5) is 4.34. The van der Waals surface area contributed by atoms with Crippen molar-refractivity contribution in [3.63, 3.8) is 0 Å². The molecule has 0 unspecified atom stereocenters. The molecule has 0 spiro atoms. The van der Waals surface area contributed by atoms with E-state index in [1.54, 1.807) is 0 Å². The van der Waals surface area contributed by atoms with Crippen molar-refractivity contribution in [2.45, 2.75) is 45.3 Å². The first-order valence-corrected chi connectivity index (χ1v) is 6.89. The van der Waals surface area contributed by atoms with Crippen LogP contribution in [-0.4, -0.2) is 10.1 Å². The van der Waals surface area contributed by atoms with E-state index >= 15 is 0 Å². The number of aryl methyl sites for hydroxylation is 2. The third-order valence-corrected chi connectivity index (χ3v) is 3.85. The van der Waals surface area contributed by atoms with Crippen LogP contribution in [0, 0.1) is 13.8 Å². The van der Waals surface area contributed by atoms with Crippen molar-refractivity contribution in [1.29, 1.82) is 0 Å². The van der Waals surface area contributed by atoms with Gasteiger partial charge in [0.25, 0.3) is 5.89 Å². The van der Waals surface area contributed by atoms with E-state index in [-0.39, 0.29) is 24.6 Å². The van der Waals surface area contributed by atoms with Crippen LogP contribution in [0.3, 0.4) is 0 Å². The highest BCUT2D eigenvalue weighted by molar-refractivity contribution is 5.85. The zero-order valence-electron chi connectivity index (χ0n) is 12.3. The van der Waals surface area contributed by atoms with Crippen molar-refractivity contribution >= 4 is 12.4 Å². The van der Waals surface area contributed by atoms with Crippen molar-refractivity contribution in [1.82, 2.24) is 10.1 Å². The number of nitrogens with zero attached hydrogens (tertiary/aromatic N) is 2. The maximum atomic E-state index is 6.16. The lowest BCUT2D eigenvalue weighted by Gasteiger charge is -2.34. The van der Waals surface area contributed by atoms with Crippen molar-refractivity contribution in [2.24, 2.45) is 5.73 Å². The minimum absolute atomic E-state index is 0. The number of ether oxygens (including phenoxy) is 1. The molecule has 2 aromatic rings. The van der Waals surface area contributed by atoms with Gasteiger partial charge >= 0.3 is 0 Å². The SMILES string of the molecule is Cc1ccc(C)c(OCc2nc(C3(N)CCC3)no2)c1.Cl. The van der Waals surface area contributed by atoms with Crippen LogP contribution in [0.5, 0.6) is 5.75 Å². The highest BCUT2D eigenvalue weighted by Crippen LogP contribution is 2.36. The minimum atomic E-state index is -0.388. The van der Waals surface area contributed by atoms with Gasteiger partial charge in [0.05, 0.1) is 5.54 Å². The summed E-state index contributed by atoms with van der Waals surface area (Å²) in [7, 11) is 0. The van der Waals surface area contributed by atoms with Crippen LogP contribution < -0.4 is 10.5 Å². The summed E-state index contributed by atoms with van der Waals surface area (Å²) in [6, 6.07) is 6.10. The summed E-state index contributed by atoms with van der Waals surface area (Å²) in [6.07, 6.45) is 2.97. The average molecular weight is 310 g/mol. The van der Waals surface area contributed by atoms with Gasteiger partial charge in [0.15, 0.2) is 12.4 Å². The van der Waals surface area contributed by atoms with Crippen molar-refractivity contribution in [3.05, 3.63) is 41.0 Å². The first-order chi connectivity index (χ1) is 9.57. The maximum Gasteiger partial charge on any atom is 0.264 e. The molecule has 0 bridgehead atoms. The molecule has 2 N–H and O–H groups in total. The fourth-order valence-corrected chi connectivity index (χ4v) is 2.30. The first-order valence-electron chi connectivity index (χ1n) is 6.89. The van der Waals surface area contributed by atoms with Crippen LogP contribution in [0.4, 0.5) is 0 Å². The van der Waals surface area contributed by atoms with E-state index < -0.39 is 0 Å². The molecule has 0 radical (unpaired) electrons. The van der Waals surface area contributed by atoms with Gasteiger partial charge in [-0.15, -0.1) is 12.4 Å². The monoisotopic (exact) mass is 309 g/mol. The van der Waals surface area contributed by atoms with Gasteiger partial charge < -0.3 is 15.0 Å². The molecule has 21 heavy (non-hydrogen) atoms. The molecule has 0 atom stereocenters. The number of rotatable bonds is 4. The lowest BCUT2D eigenvalue weighted by Crippen LogP contribution is -2.44. The Labute approximate surface area is 130 Å². The topological polar surface area (TPSA) is 74.2 Å². The summed E-state index contributed by atoms with van der Waals surface area (Å²) in [5.41, 5.74) is 8.02. The van der Waals surface area contributed by atoms with Crippen LogP contribution in [0.1, 0.15) is 42.1 Å². The summed E-state index contributed by atoms with van der Waals surface area (Å²) in [6.45, 7) is 4.32. The Bertz CT molecular complexity index is 623. The van der Waals surface area contributed by atoms with E-state index in [0.29, 0.717) is 11.7 Å². The van der Waals surface area contributed by atoms with Gasteiger partial charge in [0.1, 0.15) is 5.75 Å². The Morgan fingerprint density at radius 2 is 2.10 bits per heavy atom. The lowest BCUT2D eigenvalue weighted by molar-refractivity contribution is 0.222. The van der Waals surface area contributed by atoms with Gasteiger partial charge in [0, 0.05) is 0 Å². The average Bonchev–Trinajstić information content (AvgIpc) is 2.86. The molecule has 1 fully saturated rings. The number of benzene rings is 1. The molecule has 3 rings (SSSR count). The van der Waals surface area contributed by atoms with Gasteiger partial charge in [-0.1, -0.05) is 17.3 Å². The highest BCUT2D eigenvalue weighted by Gasteiger charge is 2.38. The van der Waals surface area contributed by atoms with Crippen molar-refractivity contribution < 1.29 is 9.26 Å². The molecule has 5 nitrogen and oxygen atoms in total. The molecule has 1 saturated carbocycles. The van der Waals surface area contributed by atoms with E-state index in [9.17, 15) is 0 Å². The van der Waals surface area contributed by atoms with Crippen LogP contribution in [0.2, 0.25) is 0 Å². The van der Waals surface area contributed by atoms with Gasteiger partial charge in [-0.2, -0.15) is 4.98 Å². The minimum Gasteiger partial charge on any atom is -0.483 e. The number of halogens is 1. The van der Waals surface area contributed by atoms with E-state index in [1.807, 2.05) is 26.0 Å². The van der Waals surface area contributed by atoms with Crippen LogP contribution in [0.15, 0.2) is 22.7 Å². The molecule has 1 aromatic heterocycles. The quantitative estimate of drug-likeness (QED) is 0.939. The zero-order chi connectivity index (χ0) is 14.2. The Morgan fingerprint density at radius 1 is 1.33 bits per heavy atom. The second-order valence-electron chi connectivity index (χ2n) is 5.58. The summed E-state index contributed by atoms with van der Waals surface area (Å²) in [5, 5.41) is 3.97. The van der Waals surface area contributed by atoms with Crippen molar-refractivity contribution in [3.8, 4) is 5.75 Å². The number of aromatic nitrogens is 2. The Kier molecular flexibility index (Phi) is 4.54. The van der Waals surface area contributed by atoms with E-state index in [0.717, 1.165) is 36.1 Å². The molecule has 1 aromatic carbocycles. The van der Waals surface area contributed by atoms with Gasteiger partial charge in [0.2, 0.25) is 0 Å². The summed E-state index contributed by atoms with van der Waals surface area (Å²) in [5.74, 6) is 1.91. The van der Waals surface area contributed by atoms with Gasteiger partial charge in [-0.3, -0.25) is 0 Å².